The molecule has 0 aliphatic carbocycles. The third-order valence-electron chi connectivity index (χ3n) is 4.78. The summed E-state index contributed by atoms with van der Waals surface area (Å²) in [6.07, 6.45) is 2.50. The summed E-state index contributed by atoms with van der Waals surface area (Å²) < 4.78 is 5.52. The molecule has 2 aliphatic rings. The van der Waals surface area contributed by atoms with Gasteiger partial charge in [0.05, 0.1) is 6.61 Å². The quantitative estimate of drug-likeness (QED) is 0.733. The molecule has 118 valence electrons. The second-order valence-electron chi connectivity index (χ2n) is 6.46. The minimum absolute atomic E-state index is 0.846. The molecule has 0 unspecified atom stereocenters. The number of ether oxygens (including phenoxy) is 1. The number of piperazine rings is 1. The van der Waals surface area contributed by atoms with E-state index in [1.54, 1.807) is 0 Å². The van der Waals surface area contributed by atoms with Gasteiger partial charge < -0.3 is 9.64 Å². The van der Waals surface area contributed by atoms with E-state index in [1.165, 1.54) is 65.2 Å². The van der Waals surface area contributed by atoms with Gasteiger partial charge in [-0.2, -0.15) is 0 Å². The maximum absolute atomic E-state index is 5.52. The fourth-order valence-electron chi connectivity index (χ4n) is 3.07. The largest absolute Gasteiger partial charge is 0.380 e. The van der Waals surface area contributed by atoms with E-state index in [2.05, 4.69) is 28.5 Å². The van der Waals surface area contributed by atoms with E-state index in [-0.39, 0.29) is 0 Å². The van der Waals surface area contributed by atoms with E-state index in [4.69, 9.17) is 4.74 Å². The minimum Gasteiger partial charge on any atom is -0.380 e. The van der Waals surface area contributed by atoms with Crippen molar-refractivity contribution >= 4 is 0 Å². The SMILES string of the molecule is CC[C@@H](C)CN1CCN(CCN2CCCOCC2)CC1. The molecular weight excluding hydrogens is 250 g/mol. The fourth-order valence-corrected chi connectivity index (χ4v) is 3.07. The molecule has 2 fully saturated rings. The zero-order valence-electron chi connectivity index (χ0n) is 13.5. The molecule has 0 aromatic rings. The summed E-state index contributed by atoms with van der Waals surface area (Å²) in [6, 6.07) is 0. The van der Waals surface area contributed by atoms with Crippen molar-refractivity contribution in [3.05, 3.63) is 0 Å². The molecule has 0 saturated carbocycles. The Morgan fingerprint density at radius 1 is 0.850 bits per heavy atom. The van der Waals surface area contributed by atoms with Crippen LogP contribution in [-0.4, -0.2) is 86.8 Å². The molecule has 0 spiro atoms. The van der Waals surface area contributed by atoms with Gasteiger partial charge in [-0.25, -0.2) is 0 Å². The van der Waals surface area contributed by atoms with Crippen molar-refractivity contribution in [3.8, 4) is 0 Å². The summed E-state index contributed by atoms with van der Waals surface area (Å²) in [4.78, 5) is 7.85. The molecule has 20 heavy (non-hydrogen) atoms. The Balaban J connectivity index is 1.59. The highest BCUT2D eigenvalue weighted by Gasteiger charge is 2.18. The lowest BCUT2D eigenvalue weighted by Gasteiger charge is -2.36. The predicted molar refractivity (Wildman–Crippen MR) is 84.2 cm³/mol. The van der Waals surface area contributed by atoms with Gasteiger partial charge in [0.25, 0.3) is 0 Å². The first kappa shape index (κ1) is 16.2. The molecule has 0 aromatic carbocycles. The third-order valence-corrected chi connectivity index (χ3v) is 4.78. The third kappa shape index (κ3) is 5.68. The normalized spacial score (nSPS) is 25.5. The van der Waals surface area contributed by atoms with E-state index < -0.39 is 0 Å². The van der Waals surface area contributed by atoms with Crippen molar-refractivity contribution in [2.75, 3.05) is 72.1 Å². The van der Waals surface area contributed by atoms with Gasteiger partial charge in [0.15, 0.2) is 0 Å². The van der Waals surface area contributed by atoms with Gasteiger partial charge in [-0.05, 0) is 12.3 Å². The zero-order valence-corrected chi connectivity index (χ0v) is 13.5. The van der Waals surface area contributed by atoms with E-state index in [9.17, 15) is 0 Å². The van der Waals surface area contributed by atoms with Crippen molar-refractivity contribution in [3.63, 3.8) is 0 Å². The van der Waals surface area contributed by atoms with Crippen LogP contribution in [0.1, 0.15) is 26.7 Å². The molecule has 2 heterocycles. The Hall–Kier alpha value is -0.160. The lowest BCUT2D eigenvalue weighted by Crippen LogP contribution is -2.49. The first-order valence-electron chi connectivity index (χ1n) is 8.52. The summed E-state index contributed by atoms with van der Waals surface area (Å²) in [7, 11) is 0. The summed E-state index contributed by atoms with van der Waals surface area (Å²) in [5.41, 5.74) is 0. The van der Waals surface area contributed by atoms with Crippen molar-refractivity contribution in [2.24, 2.45) is 5.92 Å². The lowest BCUT2D eigenvalue weighted by molar-refractivity contribution is 0.105. The van der Waals surface area contributed by atoms with E-state index in [0.717, 1.165) is 25.7 Å². The van der Waals surface area contributed by atoms with Crippen LogP contribution in [0.3, 0.4) is 0 Å². The Bertz CT molecular complexity index is 246. The maximum atomic E-state index is 5.52. The number of hydrogen-bond acceptors (Lipinski definition) is 4. The van der Waals surface area contributed by atoms with Crippen molar-refractivity contribution < 1.29 is 4.74 Å². The van der Waals surface area contributed by atoms with Gasteiger partial charge in [-0.1, -0.05) is 20.3 Å². The Kier molecular flexibility index (Phi) is 7.28. The van der Waals surface area contributed by atoms with Crippen LogP contribution >= 0.6 is 0 Å². The van der Waals surface area contributed by atoms with Gasteiger partial charge in [0, 0.05) is 65.5 Å². The molecule has 2 aliphatic heterocycles. The second-order valence-corrected chi connectivity index (χ2v) is 6.46. The van der Waals surface area contributed by atoms with Crippen molar-refractivity contribution in [2.45, 2.75) is 26.7 Å². The standard InChI is InChI=1S/C16H33N3O/c1-3-16(2)15-19-10-8-18(9-11-19)7-6-17-5-4-13-20-14-12-17/h16H,3-15H2,1-2H3/t16-/m1/s1. The highest BCUT2D eigenvalue weighted by molar-refractivity contribution is 4.74. The Labute approximate surface area is 125 Å². The monoisotopic (exact) mass is 283 g/mol. The number of rotatable bonds is 6. The molecule has 0 aromatic heterocycles. The van der Waals surface area contributed by atoms with Gasteiger partial charge in [0.2, 0.25) is 0 Å². The summed E-state index contributed by atoms with van der Waals surface area (Å²) in [6.45, 7) is 17.6. The molecule has 0 amide bonds. The molecule has 0 radical (unpaired) electrons. The van der Waals surface area contributed by atoms with Gasteiger partial charge >= 0.3 is 0 Å². The Morgan fingerprint density at radius 3 is 2.20 bits per heavy atom. The van der Waals surface area contributed by atoms with Crippen LogP contribution in [0.2, 0.25) is 0 Å². The van der Waals surface area contributed by atoms with E-state index in [0.29, 0.717) is 0 Å². The van der Waals surface area contributed by atoms with Crippen LogP contribution < -0.4 is 0 Å². The lowest BCUT2D eigenvalue weighted by atomic mass is 10.1. The Morgan fingerprint density at radius 2 is 1.50 bits per heavy atom. The van der Waals surface area contributed by atoms with Gasteiger partial charge in [-0.3, -0.25) is 9.80 Å². The van der Waals surface area contributed by atoms with Crippen LogP contribution in [0.5, 0.6) is 0 Å². The highest BCUT2D eigenvalue weighted by atomic mass is 16.5. The van der Waals surface area contributed by atoms with Crippen LogP contribution in [-0.2, 0) is 4.74 Å². The topological polar surface area (TPSA) is 19.0 Å². The average Bonchev–Trinajstić information content (AvgIpc) is 2.75. The van der Waals surface area contributed by atoms with Gasteiger partial charge in [-0.15, -0.1) is 0 Å². The maximum Gasteiger partial charge on any atom is 0.0593 e. The smallest absolute Gasteiger partial charge is 0.0593 e. The van der Waals surface area contributed by atoms with E-state index >= 15 is 0 Å². The van der Waals surface area contributed by atoms with E-state index in [1.807, 2.05) is 0 Å². The average molecular weight is 283 g/mol. The van der Waals surface area contributed by atoms with Crippen LogP contribution in [0.25, 0.3) is 0 Å². The van der Waals surface area contributed by atoms with Crippen molar-refractivity contribution in [1.29, 1.82) is 0 Å². The molecule has 4 nitrogen and oxygen atoms in total. The van der Waals surface area contributed by atoms with Crippen LogP contribution in [0, 0.1) is 5.92 Å². The summed E-state index contributed by atoms with van der Waals surface area (Å²) in [5.74, 6) is 0.846. The molecule has 1 atom stereocenters. The second kappa shape index (κ2) is 8.98. The summed E-state index contributed by atoms with van der Waals surface area (Å²) in [5, 5.41) is 0. The van der Waals surface area contributed by atoms with Crippen LogP contribution in [0.4, 0.5) is 0 Å². The van der Waals surface area contributed by atoms with Crippen molar-refractivity contribution in [1.82, 2.24) is 14.7 Å². The molecule has 0 bridgehead atoms. The molecule has 2 rings (SSSR count). The van der Waals surface area contributed by atoms with Crippen LogP contribution in [0.15, 0.2) is 0 Å². The molecular formula is C16H33N3O. The number of hydrogen-bond donors (Lipinski definition) is 0. The predicted octanol–water partition coefficient (Wildman–Crippen LogP) is 1.37. The summed E-state index contributed by atoms with van der Waals surface area (Å²) >= 11 is 0. The highest BCUT2D eigenvalue weighted by Crippen LogP contribution is 2.08. The molecule has 0 N–H and O–H groups in total. The fraction of sp³-hybridized carbons (Fsp3) is 1.00. The molecule has 2 saturated heterocycles. The first-order chi connectivity index (χ1) is 9.78. The minimum atomic E-state index is 0.846. The number of nitrogens with zero attached hydrogens (tertiary/aromatic N) is 3. The zero-order chi connectivity index (χ0) is 14.2. The first-order valence-corrected chi connectivity index (χ1v) is 8.52. The molecule has 4 heteroatoms. The van der Waals surface area contributed by atoms with Gasteiger partial charge in [0.1, 0.15) is 0 Å².